The Morgan fingerprint density at radius 2 is 1.68 bits per heavy atom. The van der Waals surface area contributed by atoms with Gasteiger partial charge in [0.15, 0.2) is 0 Å². The minimum absolute atomic E-state index is 0.0453. The van der Waals surface area contributed by atoms with E-state index < -0.39 is 11.7 Å². The minimum Gasteiger partial charge on any atom is -0.342 e. The van der Waals surface area contributed by atoms with E-state index in [1.807, 2.05) is 4.90 Å². The Hall–Kier alpha value is -1.52. The van der Waals surface area contributed by atoms with Crippen molar-refractivity contribution in [1.29, 1.82) is 0 Å². The summed E-state index contributed by atoms with van der Waals surface area (Å²) in [7, 11) is 0. The third kappa shape index (κ3) is 3.13. The molecule has 1 amide bonds. The zero-order chi connectivity index (χ0) is 15.7. The number of alkyl halides is 3. The van der Waals surface area contributed by atoms with E-state index in [2.05, 4.69) is 0 Å². The summed E-state index contributed by atoms with van der Waals surface area (Å²) in [4.78, 5) is 14.4. The molecule has 3 rings (SSSR count). The molecular formula is C17H20F3NO. The van der Waals surface area contributed by atoms with Gasteiger partial charge in [-0.2, -0.15) is 13.2 Å². The average Bonchev–Trinajstić information content (AvgIpc) is 3.30. The van der Waals surface area contributed by atoms with Crippen molar-refractivity contribution in [2.24, 2.45) is 5.92 Å². The summed E-state index contributed by atoms with van der Waals surface area (Å²) in [6.45, 7) is 1.51. The number of benzene rings is 1. The van der Waals surface area contributed by atoms with Gasteiger partial charge in [-0.25, -0.2) is 0 Å². The van der Waals surface area contributed by atoms with Crippen molar-refractivity contribution >= 4 is 5.91 Å². The van der Waals surface area contributed by atoms with Gasteiger partial charge in [0.05, 0.1) is 5.56 Å². The normalized spacial score (nSPS) is 25.7. The highest BCUT2D eigenvalue weighted by molar-refractivity contribution is 5.83. The number of nitrogens with zero attached hydrogens (tertiary/aromatic N) is 1. The Bertz CT molecular complexity index is 547. The first-order valence-corrected chi connectivity index (χ1v) is 7.93. The van der Waals surface area contributed by atoms with Crippen molar-refractivity contribution in [3.63, 3.8) is 0 Å². The molecule has 1 saturated carbocycles. The molecule has 1 aliphatic carbocycles. The van der Waals surface area contributed by atoms with Crippen LogP contribution >= 0.6 is 0 Å². The van der Waals surface area contributed by atoms with E-state index in [4.69, 9.17) is 0 Å². The molecule has 0 aromatic heterocycles. The van der Waals surface area contributed by atoms with Crippen LogP contribution < -0.4 is 0 Å². The molecule has 5 heteroatoms. The van der Waals surface area contributed by atoms with Gasteiger partial charge in [-0.15, -0.1) is 0 Å². The number of likely N-dealkylation sites (tertiary alicyclic amines) is 1. The van der Waals surface area contributed by atoms with E-state index >= 15 is 0 Å². The van der Waals surface area contributed by atoms with Crippen molar-refractivity contribution in [2.75, 3.05) is 13.1 Å². The fraction of sp³-hybridized carbons (Fsp3) is 0.588. The first-order valence-electron chi connectivity index (χ1n) is 7.93. The van der Waals surface area contributed by atoms with Crippen molar-refractivity contribution in [1.82, 2.24) is 4.90 Å². The molecule has 0 N–H and O–H groups in total. The van der Waals surface area contributed by atoms with Gasteiger partial charge in [-0.3, -0.25) is 4.79 Å². The highest BCUT2D eigenvalue weighted by atomic mass is 19.4. The first kappa shape index (κ1) is 15.4. The summed E-state index contributed by atoms with van der Waals surface area (Å²) in [5.74, 6) is -0.487. The van der Waals surface area contributed by atoms with Crippen LogP contribution in [-0.2, 0) is 11.0 Å². The van der Waals surface area contributed by atoms with Crippen LogP contribution in [0, 0.1) is 5.92 Å². The van der Waals surface area contributed by atoms with E-state index in [0.717, 1.165) is 44.8 Å². The summed E-state index contributed by atoms with van der Waals surface area (Å²) in [6.07, 6.45) is 0.464. The van der Waals surface area contributed by atoms with Gasteiger partial charge in [-0.1, -0.05) is 31.0 Å². The van der Waals surface area contributed by atoms with Crippen LogP contribution in [0.25, 0.3) is 0 Å². The molecule has 120 valence electrons. The summed E-state index contributed by atoms with van der Waals surface area (Å²) in [5, 5.41) is 0. The van der Waals surface area contributed by atoms with E-state index in [9.17, 15) is 18.0 Å². The number of carbonyl (C=O) groups excluding carboxylic acids is 1. The molecule has 2 unspecified atom stereocenters. The second-order valence-electron chi connectivity index (χ2n) is 6.27. The van der Waals surface area contributed by atoms with E-state index in [0.29, 0.717) is 6.42 Å². The van der Waals surface area contributed by atoms with Gasteiger partial charge < -0.3 is 4.90 Å². The van der Waals surface area contributed by atoms with Gasteiger partial charge in [0.2, 0.25) is 5.91 Å². The second kappa shape index (κ2) is 5.94. The Morgan fingerprint density at radius 3 is 2.32 bits per heavy atom. The molecule has 2 fully saturated rings. The predicted molar refractivity (Wildman–Crippen MR) is 77.3 cm³/mol. The zero-order valence-electron chi connectivity index (χ0n) is 12.4. The van der Waals surface area contributed by atoms with Gasteiger partial charge >= 0.3 is 6.18 Å². The molecule has 1 aliphatic heterocycles. The third-order valence-corrected chi connectivity index (χ3v) is 4.69. The summed E-state index contributed by atoms with van der Waals surface area (Å²) < 4.78 is 39.2. The Labute approximate surface area is 128 Å². The molecule has 1 saturated heterocycles. The predicted octanol–water partition coefficient (Wildman–Crippen LogP) is 4.21. The smallest absolute Gasteiger partial charge is 0.342 e. The van der Waals surface area contributed by atoms with Crippen LogP contribution in [0.4, 0.5) is 13.2 Å². The molecule has 0 radical (unpaired) electrons. The monoisotopic (exact) mass is 311 g/mol. The number of hydrogen-bond donors (Lipinski definition) is 0. The van der Waals surface area contributed by atoms with E-state index in [-0.39, 0.29) is 23.3 Å². The van der Waals surface area contributed by atoms with Crippen LogP contribution in [0.15, 0.2) is 24.3 Å². The maximum absolute atomic E-state index is 13.1. The SMILES string of the molecule is O=C(C1CC1c1ccccc1C(F)(F)F)N1CCCCCC1. The zero-order valence-corrected chi connectivity index (χ0v) is 12.4. The molecule has 2 nitrogen and oxygen atoms in total. The summed E-state index contributed by atoms with van der Waals surface area (Å²) in [6, 6.07) is 5.65. The molecular weight excluding hydrogens is 291 g/mol. The number of rotatable bonds is 2. The molecule has 2 atom stereocenters. The first-order chi connectivity index (χ1) is 10.5. The molecule has 1 aromatic carbocycles. The van der Waals surface area contributed by atoms with Crippen LogP contribution in [0.3, 0.4) is 0 Å². The van der Waals surface area contributed by atoms with Crippen molar-refractivity contribution in [3.05, 3.63) is 35.4 Å². The van der Waals surface area contributed by atoms with Crippen LogP contribution in [-0.4, -0.2) is 23.9 Å². The standard InChI is InChI=1S/C17H20F3NO/c18-17(19,20)15-8-4-3-7-12(15)13-11-14(13)16(22)21-9-5-1-2-6-10-21/h3-4,7-8,13-14H,1-2,5-6,9-11H2. The molecule has 1 heterocycles. The summed E-state index contributed by atoms with van der Waals surface area (Å²) >= 11 is 0. The number of halogens is 3. The lowest BCUT2D eigenvalue weighted by atomic mass is 10.0. The minimum atomic E-state index is -4.35. The topological polar surface area (TPSA) is 20.3 Å². The maximum atomic E-state index is 13.1. The Kier molecular flexibility index (Phi) is 4.15. The quantitative estimate of drug-likeness (QED) is 0.801. The van der Waals surface area contributed by atoms with Crippen molar-refractivity contribution in [3.8, 4) is 0 Å². The number of hydrogen-bond acceptors (Lipinski definition) is 1. The second-order valence-corrected chi connectivity index (χ2v) is 6.27. The lowest BCUT2D eigenvalue weighted by Gasteiger charge is -2.20. The third-order valence-electron chi connectivity index (χ3n) is 4.69. The van der Waals surface area contributed by atoms with Gasteiger partial charge in [0, 0.05) is 19.0 Å². The average molecular weight is 311 g/mol. The Balaban J connectivity index is 1.73. The van der Waals surface area contributed by atoms with Crippen LogP contribution in [0.2, 0.25) is 0 Å². The lowest BCUT2D eigenvalue weighted by Crippen LogP contribution is -2.33. The molecule has 0 bridgehead atoms. The summed E-state index contributed by atoms with van der Waals surface area (Å²) in [5.41, 5.74) is -0.311. The Morgan fingerprint density at radius 1 is 1.05 bits per heavy atom. The molecule has 2 aliphatic rings. The van der Waals surface area contributed by atoms with E-state index in [1.165, 1.54) is 12.1 Å². The highest BCUT2D eigenvalue weighted by Gasteiger charge is 2.48. The number of amides is 1. The highest BCUT2D eigenvalue weighted by Crippen LogP contribution is 2.51. The fourth-order valence-electron chi connectivity index (χ4n) is 3.42. The number of carbonyl (C=O) groups is 1. The van der Waals surface area contributed by atoms with Crippen LogP contribution in [0.5, 0.6) is 0 Å². The van der Waals surface area contributed by atoms with Crippen molar-refractivity contribution in [2.45, 2.75) is 44.2 Å². The molecule has 0 spiro atoms. The van der Waals surface area contributed by atoms with Gasteiger partial charge in [0.25, 0.3) is 0 Å². The molecule has 22 heavy (non-hydrogen) atoms. The largest absolute Gasteiger partial charge is 0.416 e. The van der Waals surface area contributed by atoms with Crippen molar-refractivity contribution < 1.29 is 18.0 Å². The molecule has 1 aromatic rings. The fourth-order valence-corrected chi connectivity index (χ4v) is 3.42. The maximum Gasteiger partial charge on any atom is 0.416 e. The van der Waals surface area contributed by atoms with Crippen LogP contribution in [0.1, 0.15) is 49.1 Å². The van der Waals surface area contributed by atoms with Gasteiger partial charge in [0.1, 0.15) is 0 Å². The van der Waals surface area contributed by atoms with Gasteiger partial charge in [-0.05, 0) is 36.8 Å². The van der Waals surface area contributed by atoms with E-state index in [1.54, 1.807) is 6.07 Å². The lowest BCUT2D eigenvalue weighted by molar-refractivity contribution is -0.138.